The van der Waals surface area contributed by atoms with Crippen molar-refractivity contribution in [1.29, 1.82) is 0 Å². The first-order valence-corrected chi connectivity index (χ1v) is 6.85. The quantitative estimate of drug-likeness (QED) is 0.910. The summed E-state index contributed by atoms with van der Waals surface area (Å²) in [6.45, 7) is 2.61. The third-order valence-corrected chi connectivity index (χ3v) is 4.06. The van der Waals surface area contributed by atoms with Gasteiger partial charge in [0.15, 0.2) is 0 Å². The van der Waals surface area contributed by atoms with Crippen LogP contribution in [0.1, 0.15) is 30.0 Å². The standard InChI is InChI=1S/C12H15N5S/c1-8-2-5-11(9(6-8)7-13)18-12-14-15-16-17(12)10-3-4-10/h2,5-6,10H,3-4,7,13H2,1H3. The Morgan fingerprint density at radius 2 is 2.28 bits per heavy atom. The van der Waals surface area contributed by atoms with Gasteiger partial charge in [0.25, 0.3) is 0 Å². The van der Waals surface area contributed by atoms with Gasteiger partial charge in [-0.05, 0) is 53.6 Å². The van der Waals surface area contributed by atoms with Crippen LogP contribution in [-0.2, 0) is 6.54 Å². The Kier molecular flexibility index (Phi) is 3.05. The molecule has 1 fully saturated rings. The monoisotopic (exact) mass is 261 g/mol. The van der Waals surface area contributed by atoms with Gasteiger partial charge in [-0.2, -0.15) is 0 Å². The van der Waals surface area contributed by atoms with Crippen LogP contribution in [0, 0.1) is 6.92 Å². The van der Waals surface area contributed by atoms with Crippen LogP contribution in [0.5, 0.6) is 0 Å². The van der Waals surface area contributed by atoms with E-state index in [1.807, 2.05) is 4.68 Å². The Labute approximate surface area is 110 Å². The van der Waals surface area contributed by atoms with Gasteiger partial charge in [-0.3, -0.25) is 0 Å². The number of hydrogen-bond donors (Lipinski definition) is 1. The largest absolute Gasteiger partial charge is 0.326 e. The molecule has 0 unspecified atom stereocenters. The number of rotatable bonds is 4. The number of tetrazole rings is 1. The van der Waals surface area contributed by atoms with E-state index in [2.05, 4.69) is 40.6 Å². The topological polar surface area (TPSA) is 69.6 Å². The van der Waals surface area contributed by atoms with E-state index < -0.39 is 0 Å². The van der Waals surface area contributed by atoms with Crippen molar-refractivity contribution in [3.8, 4) is 0 Å². The van der Waals surface area contributed by atoms with Crippen molar-refractivity contribution in [2.75, 3.05) is 0 Å². The van der Waals surface area contributed by atoms with Crippen LogP contribution in [-0.4, -0.2) is 20.2 Å². The molecule has 5 nitrogen and oxygen atoms in total. The van der Waals surface area contributed by atoms with Crippen molar-refractivity contribution in [1.82, 2.24) is 20.2 Å². The summed E-state index contributed by atoms with van der Waals surface area (Å²) in [5, 5.41) is 12.8. The lowest BCUT2D eigenvalue weighted by Gasteiger charge is -2.08. The maximum Gasteiger partial charge on any atom is 0.214 e. The summed E-state index contributed by atoms with van der Waals surface area (Å²) in [5.74, 6) is 0. The fraction of sp³-hybridized carbons (Fsp3) is 0.417. The van der Waals surface area contributed by atoms with Crippen molar-refractivity contribution in [2.24, 2.45) is 5.73 Å². The highest BCUT2D eigenvalue weighted by Gasteiger charge is 2.28. The van der Waals surface area contributed by atoms with Gasteiger partial charge in [-0.25, -0.2) is 4.68 Å². The van der Waals surface area contributed by atoms with Crippen molar-refractivity contribution < 1.29 is 0 Å². The fourth-order valence-corrected chi connectivity index (χ4v) is 2.83. The van der Waals surface area contributed by atoms with E-state index in [0.717, 1.165) is 15.6 Å². The number of aromatic nitrogens is 4. The summed E-state index contributed by atoms with van der Waals surface area (Å²) >= 11 is 1.60. The predicted molar refractivity (Wildman–Crippen MR) is 69.3 cm³/mol. The zero-order valence-electron chi connectivity index (χ0n) is 10.2. The maximum absolute atomic E-state index is 5.79. The molecule has 0 saturated heterocycles. The van der Waals surface area contributed by atoms with Crippen LogP contribution in [0.15, 0.2) is 28.3 Å². The van der Waals surface area contributed by atoms with E-state index in [1.165, 1.54) is 18.4 Å². The van der Waals surface area contributed by atoms with E-state index in [0.29, 0.717) is 12.6 Å². The van der Waals surface area contributed by atoms with Gasteiger partial charge >= 0.3 is 0 Å². The van der Waals surface area contributed by atoms with E-state index in [1.54, 1.807) is 11.8 Å². The van der Waals surface area contributed by atoms with Gasteiger partial charge in [0.2, 0.25) is 5.16 Å². The Bertz CT molecular complexity index is 561. The Balaban J connectivity index is 1.89. The zero-order valence-corrected chi connectivity index (χ0v) is 11.0. The second-order valence-corrected chi connectivity index (χ2v) is 5.56. The average Bonchev–Trinajstić information content (AvgIpc) is 3.12. The molecule has 94 valence electrons. The minimum atomic E-state index is 0.495. The van der Waals surface area contributed by atoms with E-state index in [4.69, 9.17) is 5.73 Å². The molecule has 1 heterocycles. The normalized spacial score (nSPS) is 15.0. The molecule has 0 spiro atoms. The zero-order chi connectivity index (χ0) is 12.5. The molecule has 0 atom stereocenters. The molecule has 6 heteroatoms. The van der Waals surface area contributed by atoms with Crippen LogP contribution in [0.25, 0.3) is 0 Å². The van der Waals surface area contributed by atoms with Crippen LogP contribution in [0.2, 0.25) is 0 Å². The molecule has 1 saturated carbocycles. The summed E-state index contributed by atoms with van der Waals surface area (Å²) in [7, 11) is 0. The summed E-state index contributed by atoms with van der Waals surface area (Å²) in [6, 6.07) is 6.79. The number of nitrogens with zero attached hydrogens (tertiary/aromatic N) is 4. The number of aryl methyl sites for hydroxylation is 1. The molecule has 0 aliphatic heterocycles. The highest BCUT2D eigenvalue weighted by Crippen LogP contribution is 2.38. The Hall–Kier alpha value is -1.40. The van der Waals surface area contributed by atoms with Gasteiger partial charge in [0.05, 0.1) is 6.04 Å². The minimum absolute atomic E-state index is 0.495. The second kappa shape index (κ2) is 4.70. The predicted octanol–water partition coefficient (Wildman–Crippen LogP) is 1.93. The molecule has 1 aliphatic rings. The SMILES string of the molecule is Cc1ccc(Sc2nnnn2C2CC2)c(CN)c1. The smallest absolute Gasteiger partial charge is 0.214 e. The lowest BCUT2D eigenvalue weighted by molar-refractivity contribution is 0.565. The summed E-state index contributed by atoms with van der Waals surface area (Å²) in [4.78, 5) is 1.14. The molecule has 0 radical (unpaired) electrons. The van der Waals surface area contributed by atoms with Crippen LogP contribution in [0.3, 0.4) is 0 Å². The molecule has 18 heavy (non-hydrogen) atoms. The fourth-order valence-electron chi connectivity index (χ4n) is 1.87. The molecular weight excluding hydrogens is 246 g/mol. The van der Waals surface area contributed by atoms with Crippen molar-refractivity contribution in [3.05, 3.63) is 29.3 Å². The molecule has 1 aromatic heterocycles. The van der Waals surface area contributed by atoms with E-state index >= 15 is 0 Å². The van der Waals surface area contributed by atoms with E-state index in [9.17, 15) is 0 Å². The summed E-state index contributed by atoms with van der Waals surface area (Å²) < 4.78 is 1.92. The highest BCUT2D eigenvalue weighted by atomic mass is 32.2. The van der Waals surface area contributed by atoms with E-state index in [-0.39, 0.29) is 0 Å². The molecular formula is C12H15N5S. The molecule has 3 rings (SSSR count). The van der Waals surface area contributed by atoms with Gasteiger partial charge in [0, 0.05) is 11.4 Å². The van der Waals surface area contributed by atoms with Crippen LogP contribution >= 0.6 is 11.8 Å². The van der Waals surface area contributed by atoms with Gasteiger partial charge in [-0.15, -0.1) is 5.10 Å². The Morgan fingerprint density at radius 3 is 3.00 bits per heavy atom. The number of hydrogen-bond acceptors (Lipinski definition) is 5. The highest BCUT2D eigenvalue weighted by molar-refractivity contribution is 7.99. The molecule has 2 aromatic rings. The van der Waals surface area contributed by atoms with Gasteiger partial charge < -0.3 is 5.73 Å². The number of nitrogens with two attached hydrogens (primary N) is 1. The molecule has 2 N–H and O–H groups in total. The second-order valence-electron chi connectivity index (χ2n) is 4.55. The van der Waals surface area contributed by atoms with Crippen molar-refractivity contribution >= 4 is 11.8 Å². The lowest BCUT2D eigenvalue weighted by Crippen LogP contribution is -2.01. The summed E-state index contributed by atoms with van der Waals surface area (Å²) in [6.07, 6.45) is 2.35. The first kappa shape index (κ1) is 11.7. The third-order valence-electron chi connectivity index (χ3n) is 2.99. The molecule has 0 bridgehead atoms. The van der Waals surface area contributed by atoms with Gasteiger partial charge in [0.1, 0.15) is 0 Å². The Morgan fingerprint density at radius 1 is 1.44 bits per heavy atom. The third kappa shape index (κ3) is 2.26. The lowest BCUT2D eigenvalue weighted by atomic mass is 10.1. The van der Waals surface area contributed by atoms with Crippen LogP contribution < -0.4 is 5.73 Å². The average molecular weight is 261 g/mol. The first-order valence-electron chi connectivity index (χ1n) is 6.03. The summed E-state index contributed by atoms with van der Waals surface area (Å²) in [5.41, 5.74) is 8.15. The molecule has 1 aliphatic carbocycles. The molecule has 0 amide bonds. The molecule has 1 aromatic carbocycles. The van der Waals surface area contributed by atoms with Crippen LogP contribution in [0.4, 0.5) is 0 Å². The number of benzene rings is 1. The van der Waals surface area contributed by atoms with Crippen molar-refractivity contribution in [2.45, 2.75) is 42.4 Å². The first-order chi connectivity index (χ1) is 8.78. The van der Waals surface area contributed by atoms with Crippen molar-refractivity contribution in [3.63, 3.8) is 0 Å². The maximum atomic E-state index is 5.79. The minimum Gasteiger partial charge on any atom is -0.326 e. The van der Waals surface area contributed by atoms with Gasteiger partial charge in [-0.1, -0.05) is 17.7 Å².